The van der Waals surface area contributed by atoms with Gasteiger partial charge in [-0.2, -0.15) is 0 Å². The Morgan fingerprint density at radius 1 is 1.05 bits per heavy atom. The summed E-state index contributed by atoms with van der Waals surface area (Å²) in [6.07, 6.45) is 7.61. The van der Waals surface area contributed by atoms with Gasteiger partial charge < -0.3 is 9.05 Å². The van der Waals surface area contributed by atoms with Crippen LogP contribution in [0.3, 0.4) is 0 Å². The maximum Gasteiger partial charge on any atom is 0.134 e. The van der Waals surface area contributed by atoms with Crippen molar-refractivity contribution in [2.24, 2.45) is 0 Å². The van der Waals surface area contributed by atoms with Gasteiger partial charge in [0, 0.05) is 17.7 Å². The number of nitrogens with zero attached hydrogens (tertiary/aromatic N) is 2. The number of aryl methyl sites for hydroxylation is 3. The third-order valence-corrected chi connectivity index (χ3v) is 2.36. The number of hydrogen-bond donors (Lipinski definition) is 0. The van der Waals surface area contributed by atoms with E-state index in [-0.39, 0.29) is 0 Å². The molecule has 0 aliphatic rings. The summed E-state index contributed by atoms with van der Waals surface area (Å²) in [5.74, 6) is 1.68. The molecular weight excluding hydrogens is 276 g/mol. The standard InChI is InChI=1S/C11H13NO.C5H7NO.C2H6/c1-4-6-7-10(5-2)11-8-9(3)13-12-11;1-4-3-5(2)7-6-4;1-2/h4-8H,2H2,1,3H3;3H,1-2H3;1-2H3/b6-4-,10-7+;;. The number of allylic oxidation sites excluding steroid dienone is 5. The van der Waals surface area contributed by atoms with Crippen LogP contribution in [0.5, 0.6) is 0 Å². The maximum atomic E-state index is 4.96. The third kappa shape index (κ3) is 7.43. The normalized spacial score (nSPS) is 10.5. The highest BCUT2D eigenvalue weighted by molar-refractivity contribution is 5.72. The van der Waals surface area contributed by atoms with E-state index in [9.17, 15) is 0 Å². The second-order valence-corrected chi connectivity index (χ2v) is 4.25. The highest BCUT2D eigenvalue weighted by atomic mass is 16.5. The van der Waals surface area contributed by atoms with Crippen LogP contribution in [-0.4, -0.2) is 10.3 Å². The average molecular weight is 302 g/mol. The third-order valence-electron chi connectivity index (χ3n) is 2.36. The average Bonchev–Trinajstić information content (AvgIpc) is 3.11. The van der Waals surface area contributed by atoms with Gasteiger partial charge in [-0.05, 0) is 27.7 Å². The molecule has 0 amide bonds. The van der Waals surface area contributed by atoms with Crippen molar-refractivity contribution < 1.29 is 9.05 Å². The van der Waals surface area contributed by atoms with Gasteiger partial charge in [0.15, 0.2) is 0 Å². The van der Waals surface area contributed by atoms with E-state index in [0.717, 1.165) is 28.5 Å². The monoisotopic (exact) mass is 302 g/mol. The Bertz CT molecular complexity index is 588. The van der Waals surface area contributed by atoms with Crippen LogP contribution >= 0.6 is 0 Å². The van der Waals surface area contributed by atoms with E-state index in [1.165, 1.54) is 0 Å². The lowest BCUT2D eigenvalue weighted by atomic mass is 10.1. The fraction of sp³-hybridized carbons (Fsp3) is 0.333. The fourth-order valence-corrected chi connectivity index (χ4v) is 1.45. The molecule has 0 aliphatic carbocycles. The van der Waals surface area contributed by atoms with Crippen LogP contribution in [0.15, 0.2) is 52.1 Å². The first-order chi connectivity index (χ1) is 10.6. The Labute approximate surface area is 133 Å². The Hall–Kier alpha value is -2.36. The highest BCUT2D eigenvalue weighted by Crippen LogP contribution is 2.14. The van der Waals surface area contributed by atoms with Crippen LogP contribution in [0.2, 0.25) is 0 Å². The Balaban J connectivity index is 0.000000412. The number of hydrogen-bond acceptors (Lipinski definition) is 4. The van der Waals surface area contributed by atoms with E-state index in [1.807, 2.05) is 71.9 Å². The molecule has 4 nitrogen and oxygen atoms in total. The highest BCUT2D eigenvalue weighted by Gasteiger charge is 2.01. The lowest BCUT2D eigenvalue weighted by molar-refractivity contribution is 0.393. The van der Waals surface area contributed by atoms with Gasteiger partial charge in [-0.3, -0.25) is 0 Å². The van der Waals surface area contributed by atoms with E-state index in [1.54, 1.807) is 6.08 Å². The lowest BCUT2D eigenvalue weighted by Gasteiger charge is -1.91. The summed E-state index contributed by atoms with van der Waals surface area (Å²) in [5.41, 5.74) is 2.73. The molecule has 0 aromatic carbocycles. The maximum absolute atomic E-state index is 4.96. The molecule has 0 atom stereocenters. The van der Waals surface area contributed by atoms with Crippen molar-refractivity contribution in [1.29, 1.82) is 0 Å². The molecule has 0 fully saturated rings. The zero-order valence-corrected chi connectivity index (χ0v) is 14.4. The first-order valence-corrected chi connectivity index (χ1v) is 7.35. The molecular formula is C18H26N2O2. The summed E-state index contributed by atoms with van der Waals surface area (Å²) in [6, 6.07) is 3.77. The van der Waals surface area contributed by atoms with Crippen molar-refractivity contribution in [3.63, 3.8) is 0 Å². The summed E-state index contributed by atoms with van der Waals surface area (Å²) in [7, 11) is 0. The van der Waals surface area contributed by atoms with Gasteiger partial charge in [0.25, 0.3) is 0 Å². The van der Waals surface area contributed by atoms with Crippen molar-refractivity contribution >= 4 is 5.57 Å². The molecule has 0 saturated heterocycles. The SMILES string of the molecule is C=C/C(=C\C=C/C)c1cc(C)on1.CC.Cc1cc(C)on1. The summed E-state index contributed by atoms with van der Waals surface area (Å²) < 4.78 is 9.68. The zero-order valence-electron chi connectivity index (χ0n) is 14.4. The van der Waals surface area contributed by atoms with Gasteiger partial charge in [0.1, 0.15) is 17.2 Å². The van der Waals surface area contributed by atoms with Crippen LogP contribution in [0.25, 0.3) is 5.57 Å². The van der Waals surface area contributed by atoms with E-state index in [0.29, 0.717) is 0 Å². The van der Waals surface area contributed by atoms with E-state index in [4.69, 9.17) is 9.05 Å². The topological polar surface area (TPSA) is 52.1 Å². The molecule has 2 aromatic heterocycles. The fourth-order valence-electron chi connectivity index (χ4n) is 1.45. The molecule has 0 spiro atoms. The van der Waals surface area contributed by atoms with Gasteiger partial charge in [-0.25, -0.2) is 0 Å². The van der Waals surface area contributed by atoms with Crippen molar-refractivity contribution in [2.75, 3.05) is 0 Å². The first kappa shape index (κ1) is 19.6. The molecule has 120 valence electrons. The Kier molecular flexibility index (Phi) is 10.1. The summed E-state index contributed by atoms with van der Waals surface area (Å²) >= 11 is 0. The molecule has 0 bridgehead atoms. The van der Waals surface area contributed by atoms with Gasteiger partial charge in [-0.1, -0.05) is 55.0 Å². The molecule has 2 rings (SSSR count). The predicted molar refractivity (Wildman–Crippen MR) is 91.6 cm³/mol. The molecule has 0 aliphatic heterocycles. The van der Waals surface area contributed by atoms with E-state index < -0.39 is 0 Å². The molecule has 2 aromatic rings. The predicted octanol–water partition coefficient (Wildman–Crippen LogP) is 5.45. The largest absolute Gasteiger partial charge is 0.361 e. The van der Waals surface area contributed by atoms with Crippen LogP contribution in [0.1, 0.15) is 43.7 Å². The van der Waals surface area contributed by atoms with Crippen LogP contribution < -0.4 is 0 Å². The van der Waals surface area contributed by atoms with E-state index in [2.05, 4.69) is 16.9 Å². The van der Waals surface area contributed by atoms with Crippen LogP contribution in [-0.2, 0) is 0 Å². The van der Waals surface area contributed by atoms with Crippen molar-refractivity contribution in [1.82, 2.24) is 10.3 Å². The minimum Gasteiger partial charge on any atom is -0.361 e. The number of rotatable bonds is 3. The molecule has 2 heterocycles. The quantitative estimate of drug-likeness (QED) is 0.708. The van der Waals surface area contributed by atoms with Crippen molar-refractivity contribution in [3.8, 4) is 0 Å². The second kappa shape index (κ2) is 11.3. The van der Waals surface area contributed by atoms with Crippen molar-refractivity contribution in [3.05, 3.63) is 65.9 Å². The summed E-state index contributed by atoms with van der Waals surface area (Å²) in [6.45, 7) is 15.3. The van der Waals surface area contributed by atoms with Crippen molar-refractivity contribution in [2.45, 2.75) is 41.5 Å². The minimum absolute atomic E-state index is 0.809. The first-order valence-electron chi connectivity index (χ1n) is 7.35. The second-order valence-electron chi connectivity index (χ2n) is 4.25. The molecule has 0 N–H and O–H groups in total. The van der Waals surface area contributed by atoms with E-state index >= 15 is 0 Å². The Morgan fingerprint density at radius 2 is 1.64 bits per heavy atom. The molecule has 0 radical (unpaired) electrons. The zero-order chi connectivity index (χ0) is 17.0. The smallest absolute Gasteiger partial charge is 0.134 e. The van der Waals surface area contributed by atoms with Gasteiger partial charge in [0.05, 0.1) is 5.69 Å². The molecule has 0 unspecified atom stereocenters. The summed E-state index contributed by atoms with van der Waals surface area (Å²) in [5, 5.41) is 7.53. The lowest BCUT2D eigenvalue weighted by Crippen LogP contribution is -1.77. The van der Waals surface area contributed by atoms with Gasteiger partial charge in [0.2, 0.25) is 0 Å². The Morgan fingerprint density at radius 3 is 1.95 bits per heavy atom. The van der Waals surface area contributed by atoms with Gasteiger partial charge >= 0.3 is 0 Å². The summed E-state index contributed by atoms with van der Waals surface area (Å²) in [4.78, 5) is 0. The molecule has 4 heteroatoms. The number of aromatic nitrogens is 2. The van der Waals surface area contributed by atoms with Crippen LogP contribution in [0.4, 0.5) is 0 Å². The molecule has 0 saturated carbocycles. The molecule has 22 heavy (non-hydrogen) atoms. The minimum atomic E-state index is 0.809. The van der Waals surface area contributed by atoms with Gasteiger partial charge in [-0.15, -0.1) is 0 Å². The van der Waals surface area contributed by atoms with Crippen LogP contribution in [0, 0.1) is 20.8 Å².